The van der Waals surface area contributed by atoms with Gasteiger partial charge in [-0.05, 0) is 12.8 Å². The Kier molecular flexibility index (Phi) is 7.84. The third-order valence-corrected chi connectivity index (χ3v) is 4.58. The van der Waals surface area contributed by atoms with Crippen molar-refractivity contribution < 1.29 is 4.74 Å². The van der Waals surface area contributed by atoms with Crippen LogP contribution in [0.2, 0.25) is 0 Å². The average Bonchev–Trinajstić information content (AvgIpc) is 2.86. The number of aromatic nitrogens is 2. The minimum Gasteiger partial charge on any atom is -0.481 e. The van der Waals surface area contributed by atoms with Crippen molar-refractivity contribution in [3.63, 3.8) is 0 Å². The highest BCUT2D eigenvalue weighted by atomic mass is 16.5. The van der Waals surface area contributed by atoms with Gasteiger partial charge in [0, 0.05) is 18.5 Å². The number of methoxy groups -OCH3 is 1. The van der Waals surface area contributed by atoms with E-state index in [9.17, 15) is 0 Å². The Bertz CT molecular complexity index is 400. The fourth-order valence-corrected chi connectivity index (χ4v) is 3.00. The Morgan fingerprint density at radius 2 is 1.67 bits per heavy atom. The number of nitrogens with zero attached hydrogens (tertiary/aromatic N) is 2. The zero-order chi connectivity index (χ0) is 15.7. The summed E-state index contributed by atoms with van der Waals surface area (Å²) in [6, 6.07) is 2.13. The molecule has 3 heteroatoms. The first kappa shape index (κ1) is 18.1. The molecule has 0 radical (unpaired) electrons. The van der Waals surface area contributed by atoms with Crippen LogP contribution in [0.15, 0.2) is 6.07 Å². The van der Waals surface area contributed by atoms with Crippen LogP contribution in [-0.4, -0.2) is 16.9 Å². The third kappa shape index (κ3) is 5.37. The van der Waals surface area contributed by atoms with Crippen molar-refractivity contribution in [3.8, 4) is 5.88 Å². The summed E-state index contributed by atoms with van der Waals surface area (Å²) in [6.07, 6.45) is 11.7. The van der Waals surface area contributed by atoms with Gasteiger partial charge in [0.05, 0.1) is 12.8 Å². The summed E-state index contributed by atoms with van der Waals surface area (Å²) < 4.78 is 7.24. The fraction of sp³-hybridized carbons (Fsp3) is 0.833. The second-order valence-electron chi connectivity index (χ2n) is 6.52. The predicted molar refractivity (Wildman–Crippen MR) is 90.0 cm³/mol. The number of hydrogen-bond donors (Lipinski definition) is 0. The lowest BCUT2D eigenvalue weighted by Crippen LogP contribution is -2.23. The molecule has 1 heterocycles. The Balaban J connectivity index is 2.71. The molecule has 0 amide bonds. The SMILES string of the molecule is CCCCCCCC(C)(CCCC)c1cc(OC)n(C)n1. The molecule has 0 saturated heterocycles. The van der Waals surface area contributed by atoms with Gasteiger partial charge in [-0.2, -0.15) is 5.10 Å². The molecular weight excluding hydrogens is 260 g/mol. The molecule has 21 heavy (non-hydrogen) atoms. The summed E-state index contributed by atoms with van der Waals surface area (Å²) in [5.41, 5.74) is 1.39. The summed E-state index contributed by atoms with van der Waals surface area (Å²) in [6.45, 7) is 6.91. The van der Waals surface area contributed by atoms with Crippen molar-refractivity contribution in [1.29, 1.82) is 0 Å². The summed E-state index contributed by atoms with van der Waals surface area (Å²) in [5.74, 6) is 0.860. The van der Waals surface area contributed by atoms with Gasteiger partial charge in [0.15, 0.2) is 0 Å². The van der Waals surface area contributed by atoms with Gasteiger partial charge in [0.1, 0.15) is 0 Å². The molecule has 0 fully saturated rings. The number of unbranched alkanes of at least 4 members (excludes halogenated alkanes) is 5. The van der Waals surface area contributed by atoms with Crippen LogP contribution in [0.4, 0.5) is 0 Å². The van der Waals surface area contributed by atoms with Crippen LogP contribution in [0.1, 0.15) is 84.3 Å². The van der Waals surface area contributed by atoms with Crippen LogP contribution in [0.25, 0.3) is 0 Å². The van der Waals surface area contributed by atoms with E-state index in [1.54, 1.807) is 7.11 Å². The Morgan fingerprint density at radius 1 is 1.05 bits per heavy atom. The van der Waals surface area contributed by atoms with Crippen LogP contribution in [0.3, 0.4) is 0 Å². The van der Waals surface area contributed by atoms with Gasteiger partial charge >= 0.3 is 0 Å². The van der Waals surface area contributed by atoms with Gasteiger partial charge in [0.25, 0.3) is 0 Å². The van der Waals surface area contributed by atoms with Crippen molar-refractivity contribution in [3.05, 3.63) is 11.8 Å². The Hall–Kier alpha value is -0.990. The monoisotopic (exact) mass is 294 g/mol. The maximum absolute atomic E-state index is 5.38. The first-order chi connectivity index (χ1) is 10.1. The van der Waals surface area contributed by atoms with Gasteiger partial charge in [-0.15, -0.1) is 0 Å². The number of ether oxygens (including phenoxy) is 1. The molecule has 0 spiro atoms. The van der Waals surface area contributed by atoms with Gasteiger partial charge in [0.2, 0.25) is 5.88 Å². The van der Waals surface area contributed by atoms with Crippen molar-refractivity contribution in [2.75, 3.05) is 7.11 Å². The number of rotatable bonds is 11. The summed E-state index contributed by atoms with van der Waals surface area (Å²) in [5, 5.41) is 4.71. The average molecular weight is 294 g/mol. The highest BCUT2D eigenvalue weighted by molar-refractivity contribution is 5.23. The molecule has 0 bridgehead atoms. The molecule has 122 valence electrons. The lowest BCUT2D eigenvalue weighted by atomic mass is 9.77. The van der Waals surface area contributed by atoms with Crippen LogP contribution in [-0.2, 0) is 12.5 Å². The van der Waals surface area contributed by atoms with Crippen LogP contribution >= 0.6 is 0 Å². The van der Waals surface area contributed by atoms with Gasteiger partial charge < -0.3 is 4.74 Å². The van der Waals surface area contributed by atoms with Gasteiger partial charge in [-0.25, -0.2) is 4.68 Å². The quantitative estimate of drug-likeness (QED) is 0.522. The topological polar surface area (TPSA) is 27.1 Å². The van der Waals surface area contributed by atoms with E-state index in [2.05, 4.69) is 26.8 Å². The van der Waals surface area contributed by atoms with E-state index in [1.807, 2.05) is 11.7 Å². The molecule has 3 nitrogen and oxygen atoms in total. The molecule has 0 N–H and O–H groups in total. The van der Waals surface area contributed by atoms with Crippen LogP contribution in [0.5, 0.6) is 5.88 Å². The molecule has 0 aromatic carbocycles. The molecule has 0 aliphatic carbocycles. The fourth-order valence-electron chi connectivity index (χ4n) is 3.00. The summed E-state index contributed by atoms with van der Waals surface area (Å²) >= 11 is 0. The molecule has 0 aliphatic heterocycles. The zero-order valence-electron chi connectivity index (χ0n) is 14.7. The first-order valence-corrected chi connectivity index (χ1v) is 8.66. The second-order valence-corrected chi connectivity index (χ2v) is 6.52. The smallest absolute Gasteiger partial charge is 0.211 e. The van der Waals surface area contributed by atoms with Crippen LogP contribution < -0.4 is 4.74 Å². The molecular formula is C18H34N2O. The maximum atomic E-state index is 5.38. The zero-order valence-corrected chi connectivity index (χ0v) is 14.7. The molecule has 1 aromatic rings. The minimum atomic E-state index is 0.191. The molecule has 1 rings (SSSR count). The standard InChI is InChI=1S/C18H34N2O/c1-6-8-10-11-12-14-18(3,13-9-7-2)16-15-17(21-5)20(4)19-16/h15H,6-14H2,1-5H3. The number of aryl methyl sites for hydroxylation is 1. The van der Waals surface area contributed by atoms with Crippen molar-refractivity contribution in [2.45, 2.75) is 84.0 Å². The van der Waals surface area contributed by atoms with E-state index >= 15 is 0 Å². The molecule has 1 atom stereocenters. The van der Waals surface area contributed by atoms with E-state index in [-0.39, 0.29) is 5.41 Å². The maximum Gasteiger partial charge on any atom is 0.211 e. The van der Waals surface area contributed by atoms with E-state index in [4.69, 9.17) is 9.84 Å². The van der Waals surface area contributed by atoms with Crippen LogP contribution in [0, 0.1) is 0 Å². The number of hydrogen-bond acceptors (Lipinski definition) is 2. The second kappa shape index (κ2) is 9.11. The van der Waals surface area contributed by atoms with E-state index in [0.29, 0.717) is 0 Å². The largest absolute Gasteiger partial charge is 0.481 e. The Morgan fingerprint density at radius 3 is 2.24 bits per heavy atom. The highest BCUT2D eigenvalue weighted by Crippen LogP contribution is 2.35. The normalized spacial score (nSPS) is 14.1. The molecule has 1 unspecified atom stereocenters. The molecule has 0 saturated carbocycles. The third-order valence-electron chi connectivity index (χ3n) is 4.58. The lowest BCUT2D eigenvalue weighted by molar-refractivity contribution is 0.355. The summed E-state index contributed by atoms with van der Waals surface area (Å²) in [7, 11) is 3.68. The van der Waals surface area contributed by atoms with Crippen molar-refractivity contribution >= 4 is 0 Å². The first-order valence-electron chi connectivity index (χ1n) is 8.66. The predicted octanol–water partition coefficient (Wildman–Crippen LogP) is 5.24. The van der Waals surface area contributed by atoms with E-state index in [0.717, 1.165) is 5.88 Å². The lowest BCUT2D eigenvalue weighted by Gasteiger charge is -2.28. The highest BCUT2D eigenvalue weighted by Gasteiger charge is 2.29. The van der Waals surface area contributed by atoms with Gasteiger partial charge in [-0.1, -0.05) is 65.7 Å². The molecule has 1 aromatic heterocycles. The van der Waals surface area contributed by atoms with Gasteiger partial charge in [-0.3, -0.25) is 0 Å². The molecule has 0 aliphatic rings. The van der Waals surface area contributed by atoms with E-state index < -0.39 is 0 Å². The minimum absolute atomic E-state index is 0.191. The van der Waals surface area contributed by atoms with E-state index in [1.165, 1.54) is 63.5 Å². The van der Waals surface area contributed by atoms with Crippen molar-refractivity contribution in [1.82, 2.24) is 9.78 Å². The summed E-state index contributed by atoms with van der Waals surface area (Å²) in [4.78, 5) is 0. The van der Waals surface area contributed by atoms with Crippen molar-refractivity contribution in [2.24, 2.45) is 7.05 Å². The Labute approximate surface area is 131 Å².